The lowest BCUT2D eigenvalue weighted by Crippen LogP contribution is -2.44. The highest BCUT2D eigenvalue weighted by atomic mass is 19.1. The van der Waals surface area contributed by atoms with E-state index in [0.29, 0.717) is 63.7 Å². The molecule has 1 spiro atoms. The van der Waals surface area contributed by atoms with Gasteiger partial charge in [-0.25, -0.2) is 9.37 Å². The van der Waals surface area contributed by atoms with Gasteiger partial charge in [0, 0.05) is 75.1 Å². The molecule has 1 aliphatic carbocycles. The fraction of sp³-hybridized carbons (Fsp3) is 0.467. The van der Waals surface area contributed by atoms with Crippen molar-refractivity contribution in [3.63, 3.8) is 0 Å². The molecule has 0 bridgehead atoms. The molecule has 54 heavy (non-hydrogen) atoms. The molecule has 1 aromatic heterocycles. The van der Waals surface area contributed by atoms with E-state index in [4.69, 9.17) is 19.2 Å². The van der Waals surface area contributed by atoms with Crippen LogP contribution in [0.25, 0.3) is 0 Å². The average molecular weight is 728 g/mol. The summed E-state index contributed by atoms with van der Waals surface area (Å²) in [6.07, 6.45) is 5.93. The van der Waals surface area contributed by atoms with Crippen molar-refractivity contribution in [1.82, 2.24) is 9.88 Å². The van der Waals surface area contributed by atoms with Crippen LogP contribution in [0, 0.1) is 11.3 Å². The highest BCUT2D eigenvalue weighted by molar-refractivity contribution is 5.67. The van der Waals surface area contributed by atoms with Crippen molar-refractivity contribution in [1.29, 1.82) is 5.26 Å². The summed E-state index contributed by atoms with van der Waals surface area (Å²) < 4.78 is 34.3. The van der Waals surface area contributed by atoms with Crippen molar-refractivity contribution in [3.05, 3.63) is 118 Å². The minimum Gasteiger partial charge on any atom is -0.476 e. The molecule has 3 saturated heterocycles. The summed E-state index contributed by atoms with van der Waals surface area (Å²) in [6, 6.07) is 30.1. The van der Waals surface area contributed by atoms with E-state index in [1.807, 2.05) is 12.1 Å². The number of pyridine rings is 1. The Morgan fingerprint density at radius 1 is 0.926 bits per heavy atom. The Bertz CT molecular complexity index is 1960. The first-order valence-electron chi connectivity index (χ1n) is 19.9. The molecular weight excluding hydrogens is 678 g/mol. The largest absolute Gasteiger partial charge is 0.476 e. The third kappa shape index (κ3) is 6.74. The maximum atomic E-state index is 14.7. The number of anilines is 2. The fourth-order valence-corrected chi connectivity index (χ4v) is 10.0. The smallest absolute Gasteiger partial charge is 0.215 e. The normalized spacial score (nSPS) is 25.0. The van der Waals surface area contributed by atoms with Crippen LogP contribution in [0.2, 0.25) is 0 Å². The molecule has 0 amide bonds. The molecular formula is C45H50FN5O3. The molecule has 5 heterocycles. The first kappa shape index (κ1) is 35.2. The number of hydrogen-bond donors (Lipinski definition) is 0. The number of ether oxygens (including phenoxy) is 3. The summed E-state index contributed by atoms with van der Waals surface area (Å²) >= 11 is 0. The predicted molar refractivity (Wildman–Crippen MR) is 207 cm³/mol. The molecule has 0 N–H and O–H groups in total. The highest BCUT2D eigenvalue weighted by Gasteiger charge is 2.50. The number of alkyl halides is 1. The van der Waals surface area contributed by atoms with Crippen LogP contribution >= 0.6 is 0 Å². The molecule has 280 valence electrons. The predicted octanol–water partition coefficient (Wildman–Crippen LogP) is 7.65. The molecule has 3 atom stereocenters. The van der Waals surface area contributed by atoms with Gasteiger partial charge in [-0.1, -0.05) is 66.7 Å². The van der Waals surface area contributed by atoms with Crippen LogP contribution < -0.4 is 14.5 Å². The molecule has 9 heteroatoms. The number of rotatable bonds is 9. The number of fused-ring (bicyclic) bond motifs is 4. The Morgan fingerprint density at radius 2 is 1.72 bits per heavy atom. The van der Waals surface area contributed by atoms with Gasteiger partial charge in [-0.15, -0.1) is 0 Å². The second kappa shape index (κ2) is 15.0. The van der Waals surface area contributed by atoms with Crippen LogP contribution in [0.4, 0.5) is 15.8 Å². The molecule has 1 unspecified atom stereocenters. The van der Waals surface area contributed by atoms with Crippen molar-refractivity contribution < 1.29 is 18.6 Å². The van der Waals surface area contributed by atoms with Crippen molar-refractivity contribution in [3.8, 4) is 11.9 Å². The van der Waals surface area contributed by atoms with Gasteiger partial charge in [0.15, 0.2) is 0 Å². The first-order chi connectivity index (χ1) is 26.5. The lowest BCUT2D eigenvalue weighted by molar-refractivity contribution is -0.0855. The number of aryl methyl sites for hydroxylation is 1. The van der Waals surface area contributed by atoms with Gasteiger partial charge in [-0.3, -0.25) is 4.90 Å². The van der Waals surface area contributed by atoms with Crippen LogP contribution in [0.15, 0.2) is 78.9 Å². The Balaban J connectivity index is 1.10. The maximum absolute atomic E-state index is 14.7. The summed E-state index contributed by atoms with van der Waals surface area (Å²) in [7, 11) is 0. The zero-order valence-corrected chi connectivity index (χ0v) is 31.1. The van der Waals surface area contributed by atoms with Crippen LogP contribution in [-0.2, 0) is 47.6 Å². The highest BCUT2D eigenvalue weighted by Crippen LogP contribution is 2.50. The van der Waals surface area contributed by atoms with Crippen molar-refractivity contribution in [2.45, 2.75) is 88.4 Å². The maximum Gasteiger partial charge on any atom is 0.215 e. The Kier molecular flexibility index (Phi) is 9.77. The van der Waals surface area contributed by atoms with E-state index >= 15 is 0 Å². The van der Waals surface area contributed by atoms with E-state index in [0.717, 1.165) is 93.0 Å². The molecule has 3 aromatic carbocycles. The third-order valence-corrected chi connectivity index (χ3v) is 12.6. The fourth-order valence-electron chi connectivity index (χ4n) is 10.0. The van der Waals surface area contributed by atoms with E-state index < -0.39 is 11.8 Å². The molecule has 5 aliphatic rings. The van der Waals surface area contributed by atoms with Gasteiger partial charge in [-0.05, 0) is 67.8 Å². The zero-order chi connectivity index (χ0) is 36.5. The molecule has 8 nitrogen and oxygen atoms in total. The van der Waals surface area contributed by atoms with Crippen molar-refractivity contribution in [2.75, 3.05) is 55.8 Å². The second-order valence-electron chi connectivity index (χ2n) is 16.0. The SMILES string of the molecule is N#Cc1c(N(Cc2ccccc2)Cc2ccccc2)ccc2c1C1(CCC2)Cc2nc(OC[C@@]34CCCN3C[C@H](F)C4)cc(N3CCCOCC3)c2CO1. The summed E-state index contributed by atoms with van der Waals surface area (Å²) in [5.74, 6) is 0.594. The summed E-state index contributed by atoms with van der Waals surface area (Å²) in [5, 5.41) is 11.1. The van der Waals surface area contributed by atoms with Gasteiger partial charge in [0.1, 0.15) is 24.4 Å². The standard InChI is InChI=1S/C45H50FN5O3/c46-36-25-44(17-8-20-51(44)30-36)32-53-42-24-41(49-19-9-22-52-23-21-49)38-31-54-45(26-39(38)48-42)18-7-14-35-15-16-40(37(27-47)43(35)45)50(28-33-10-3-1-4-11-33)29-34-12-5-2-6-13-34/h1-6,10-13,15-16,24,36H,7-9,14,17-23,25-26,28-32H2/t36-,44+,45?/m1/s1. The lowest BCUT2D eigenvalue weighted by atomic mass is 9.72. The monoisotopic (exact) mass is 727 g/mol. The van der Waals surface area contributed by atoms with Crippen molar-refractivity contribution in [2.24, 2.45) is 0 Å². The number of hydrogen-bond acceptors (Lipinski definition) is 8. The van der Waals surface area contributed by atoms with Crippen LogP contribution in [0.3, 0.4) is 0 Å². The molecule has 4 aromatic rings. The summed E-state index contributed by atoms with van der Waals surface area (Å²) in [6.45, 7) is 6.69. The quantitative estimate of drug-likeness (QED) is 0.174. The van der Waals surface area contributed by atoms with Gasteiger partial charge in [0.05, 0.1) is 35.7 Å². The van der Waals surface area contributed by atoms with Gasteiger partial charge in [0.2, 0.25) is 5.88 Å². The molecule has 0 saturated carbocycles. The molecule has 0 radical (unpaired) electrons. The van der Waals surface area contributed by atoms with E-state index in [2.05, 4.69) is 87.5 Å². The van der Waals surface area contributed by atoms with E-state index in [1.54, 1.807) is 0 Å². The van der Waals surface area contributed by atoms with Gasteiger partial charge in [0.25, 0.3) is 0 Å². The molecule has 4 aliphatic heterocycles. The topological polar surface area (TPSA) is 74.1 Å². The summed E-state index contributed by atoms with van der Waals surface area (Å²) in [5.41, 5.74) is 8.42. The van der Waals surface area contributed by atoms with Gasteiger partial charge in [-0.2, -0.15) is 5.26 Å². The number of nitrogens with zero attached hydrogens (tertiary/aromatic N) is 5. The number of nitriles is 1. The second-order valence-corrected chi connectivity index (χ2v) is 16.0. The Morgan fingerprint density at radius 3 is 2.50 bits per heavy atom. The number of halogens is 1. The Labute approximate surface area is 318 Å². The minimum atomic E-state index is -0.808. The van der Waals surface area contributed by atoms with Crippen LogP contribution in [-0.4, -0.2) is 67.6 Å². The molecule has 3 fully saturated rings. The third-order valence-electron chi connectivity index (χ3n) is 12.6. The Hall–Kier alpha value is -4.49. The van der Waals surface area contributed by atoms with E-state index in [-0.39, 0.29) is 5.54 Å². The number of benzene rings is 3. The number of aromatic nitrogens is 1. The lowest BCUT2D eigenvalue weighted by Gasteiger charge is -2.44. The first-order valence-corrected chi connectivity index (χ1v) is 19.9. The summed E-state index contributed by atoms with van der Waals surface area (Å²) in [4.78, 5) is 12.3. The average Bonchev–Trinajstić information content (AvgIpc) is 3.58. The van der Waals surface area contributed by atoms with Crippen molar-refractivity contribution >= 4 is 11.4 Å². The minimum absolute atomic E-state index is 0.260. The zero-order valence-electron chi connectivity index (χ0n) is 31.1. The van der Waals surface area contributed by atoms with Crippen LogP contribution in [0.1, 0.15) is 77.6 Å². The van der Waals surface area contributed by atoms with E-state index in [9.17, 15) is 9.65 Å². The van der Waals surface area contributed by atoms with Gasteiger partial charge >= 0.3 is 0 Å². The molecule has 9 rings (SSSR count). The van der Waals surface area contributed by atoms with Gasteiger partial charge < -0.3 is 24.0 Å². The van der Waals surface area contributed by atoms with Crippen LogP contribution in [0.5, 0.6) is 5.88 Å². The van der Waals surface area contributed by atoms with E-state index in [1.165, 1.54) is 16.7 Å².